The number of carbonyl (C=O) groups is 1. The lowest BCUT2D eigenvalue weighted by Crippen LogP contribution is -2.46. The van der Waals surface area contributed by atoms with Crippen molar-refractivity contribution in [2.24, 2.45) is 22.7 Å². The van der Waals surface area contributed by atoms with E-state index in [9.17, 15) is 13.2 Å². The first-order chi connectivity index (χ1) is 10.3. The van der Waals surface area contributed by atoms with Gasteiger partial charge in [-0.2, -0.15) is 0 Å². The van der Waals surface area contributed by atoms with Crippen molar-refractivity contribution in [3.8, 4) is 0 Å². The van der Waals surface area contributed by atoms with Crippen molar-refractivity contribution in [1.29, 1.82) is 0 Å². The van der Waals surface area contributed by atoms with Gasteiger partial charge in [-0.05, 0) is 49.4 Å². The lowest BCUT2D eigenvalue weighted by atomic mass is 9.70. The molecule has 4 nitrogen and oxygen atoms in total. The van der Waals surface area contributed by atoms with Crippen molar-refractivity contribution in [2.45, 2.75) is 52.4 Å². The monoisotopic (exact) mass is 325 g/mol. The Hall–Kier alpha value is -0.680. The van der Waals surface area contributed by atoms with Crippen LogP contribution in [0.2, 0.25) is 0 Å². The summed E-state index contributed by atoms with van der Waals surface area (Å²) in [7, 11) is -3.41. The first-order valence-electron chi connectivity index (χ1n) is 8.42. The Morgan fingerprint density at radius 1 is 1.27 bits per heavy atom. The second-order valence-electron chi connectivity index (χ2n) is 7.92. The van der Waals surface area contributed by atoms with E-state index in [1.807, 2.05) is 0 Å². The molecule has 0 aromatic carbocycles. The van der Waals surface area contributed by atoms with Crippen LogP contribution < -0.4 is 4.72 Å². The molecule has 22 heavy (non-hydrogen) atoms. The van der Waals surface area contributed by atoms with Crippen molar-refractivity contribution >= 4 is 15.8 Å². The number of Topliss-reactive ketones (excluding diaryl/α,β-unsaturated/α-hetero) is 1. The fourth-order valence-corrected chi connectivity index (χ4v) is 6.69. The molecule has 5 heteroatoms. The van der Waals surface area contributed by atoms with Gasteiger partial charge in [0, 0.05) is 18.4 Å². The predicted octanol–water partition coefficient (Wildman–Crippen LogP) is 2.66. The van der Waals surface area contributed by atoms with E-state index < -0.39 is 15.4 Å². The minimum absolute atomic E-state index is 0.0229. The molecule has 2 fully saturated rings. The van der Waals surface area contributed by atoms with E-state index >= 15 is 0 Å². The lowest BCUT2D eigenvalue weighted by molar-refractivity contribution is -0.128. The summed E-state index contributed by atoms with van der Waals surface area (Å²) >= 11 is 0. The number of nitrogens with one attached hydrogen (secondary N) is 1. The molecule has 0 saturated heterocycles. The third-order valence-corrected chi connectivity index (χ3v) is 8.02. The number of fused-ring (bicyclic) bond motifs is 2. The van der Waals surface area contributed by atoms with Crippen LogP contribution in [0.3, 0.4) is 0 Å². The third-order valence-electron chi connectivity index (χ3n) is 6.55. The van der Waals surface area contributed by atoms with Gasteiger partial charge in [0.15, 0.2) is 0 Å². The van der Waals surface area contributed by atoms with Crippen LogP contribution in [0.5, 0.6) is 0 Å². The molecule has 1 N–H and O–H groups in total. The largest absolute Gasteiger partial charge is 0.299 e. The van der Waals surface area contributed by atoms with E-state index in [2.05, 4.69) is 30.7 Å². The number of hydrogen-bond acceptors (Lipinski definition) is 3. The summed E-state index contributed by atoms with van der Waals surface area (Å²) in [5, 5.41) is 0. The molecule has 3 rings (SSSR count). The van der Waals surface area contributed by atoms with Gasteiger partial charge in [0.25, 0.3) is 0 Å². The molecule has 3 aliphatic rings. The maximum atomic E-state index is 12.6. The van der Waals surface area contributed by atoms with Gasteiger partial charge in [0.05, 0.1) is 5.75 Å². The van der Waals surface area contributed by atoms with Gasteiger partial charge < -0.3 is 0 Å². The van der Waals surface area contributed by atoms with E-state index in [4.69, 9.17) is 0 Å². The zero-order valence-corrected chi connectivity index (χ0v) is 14.4. The van der Waals surface area contributed by atoms with Crippen LogP contribution in [-0.2, 0) is 14.8 Å². The first kappa shape index (κ1) is 16.2. The second kappa shape index (κ2) is 5.45. The van der Waals surface area contributed by atoms with Crippen molar-refractivity contribution in [1.82, 2.24) is 4.72 Å². The fourth-order valence-electron chi connectivity index (χ4n) is 4.77. The summed E-state index contributed by atoms with van der Waals surface area (Å²) < 4.78 is 27.9. The molecule has 124 valence electrons. The van der Waals surface area contributed by atoms with E-state index in [0.717, 1.165) is 32.1 Å². The smallest absolute Gasteiger partial charge is 0.212 e. The quantitative estimate of drug-likeness (QED) is 0.790. The van der Waals surface area contributed by atoms with E-state index in [0.29, 0.717) is 24.8 Å². The highest BCUT2D eigenvalue weighted by Crippen LogP contribution is 2.64. The maximum Gasteiger partial charge on any atom is 0.212 e. The Morgan fingerprint density at radius 3 is 2.59 bits per heavy atom. The van der Waals surface area contributed by atoms with Gasteiger partial charge >= 0.3 is 0 Å². The highest BCUT2D eigenvalue weighted by atomic mass is 32.2. The highest BCUT2D eigenvalue weighted by Gasteiger charge is 2.65. The molecule has 0 heterocycles. The molecule has 0 aliphatic heterocycles. The third kappa shape index (κ3) is 2.56. The molecule has 0 radical (unpaired) electrons. The van der Waals surface area contributed by atoms with Crippen molar-refractivity contribution in [2.75, 3.05) is 12.3 Å². The summed E-state index contributed by atoms with van der Waals surface area (Å²) in [5.74, 6) is 0.893. The minimum atomic E-state index is -3.41. The van der Waals surface area contributed by atoms with E-state index in [1.165, 1.54) is 0 Å². The van der Waals surface area contributed by atoms with Crippen LogP contribution in [0.25, 0.3) is 0 Å². The molecule has 3 aliphatic carbocycles. The standard InChI is InChI=1S/C17H27NO3S/c1-16(2)14-8-9-17(16,15(19)10-14)12-22(20,21)18-11-13-6-4-3-5-7-13/h3-4,13-14,18H,5-12H2,1-2H3. The van der Waals surface area contributed by atoms with Crippen LogP contribution >= 0.6 is 0 Å². The zero-order chi connectivity index (χ0) is 16.0. The number of hydrogen-bond donors (Lipinski definition) is 1. The van der Waals surface area contributed by atoms with Crippen LogP contribution in [-0.4, -0.2) is 26.5 Å². The number of sulfonamides is 1. The summed E-state index contributed by atoms with van der Waals surface area (Å²) in [6.07, 6.45) is 9.59. The molecule has 2 saturated carbocycles. The topological polar surface area (TPSA) is 63.2 Å². The summed E-state index contributed by atoms with van der Waals surface area (Å²) in [6.45, 7) is 4.66. The maximum absolute atomic E-state index is 12.6. The predicted molar refractivity (Wildman–Crippen MR) is 86.8 cm³/mol. The lowest BCUT2D eigenvalue weighted by Gasteiger charge is -2.36. The number of ketones is 1. The number of rotatable bonds is 5. The van der Waals surface area contributed by atoms with Gasteiger partial charge in [0.2, 0.25) is 10.0 Å². The van der Waals surface area contributed by atoms with Gasteiger partial charge in [-0.25, -0.2) is 13.1 Å². The first-order valence-corrected chi connectivity index (χ1v) is 10.1. The zero-order valence-electron chi connectivity index (χ0n) is 13.6. The highest BCUT2D eigenvalue weighted by molar-refractivity contribution is 7.89. The van der Waals surface area contributed by atoms with Crippen molar-refractivity contribution < 1.29 is 13.2 Å². The van der Waals surface area contributed by atoms with Crippen LogP contribution in [0, 0.1) is 22.7 Å². The molecule has 3 atom stereocenters. The summed E-state index contributed by atoms with van der Waals surface area (Å²) in [5.41, 5.74) is -0.845. The van der Waals surface area contributed by atoms with Gasteiger partial charge in [-0.15, -0.1) is 0 Å². The van der Waals surface area contributed by atoms with Gasteiger partial charge in [0.1, 0.15) is 5.78 Å². The molecule has 2 bridgehead atoms. The summed E-state index contributed by atoms with van der Waals surface area (Å²) in [6, 6.07) is 0. The summed E-state index contributed by atoms with van der Waals surface area (Å²) in [4.78, 5) is 12.5. The Kier molecular flexibility index (Phi) is 4.01. The SMILES string of the molecule is CC1(C)C2CCC1(CS(=O)(=O)NCC1CC=CCC1)C(=O)C2. The number of allylic oxidation sites excluding steroid dienone is 2. The number of carbonyl (C=O) groups excluding carboxylic acids is 1. The minimum Gasteiger partial charge on any atom is -0.299 e. The average Bonchev–Trinajstić information content (AvgIpc) is 2.80. The van der Waals surface area contributed by atoms with Crippen LogP contribution in [0.15, 0.2) is 12.2 Å². The van der Waals surface area contributed by atoms with E-state index in [-0.39, 0.29) is 17.0 Å². The Balaban J connectivity index is 1.68. The van der Waals surface area contributed by atoms with Gasteiger partial charge in [-0.3, -0.25) is 4.79 Å². The molecule has 0 aromatic heterocycles. The average molecular weight is 325 g/mol. The Morgan fingerprint density at radius 2 is 2.05 bits per heavy atom. The molecule has 0 spiro atoms. The molecular formula is C17H27NO3S. The fraction of sp³-hybridized carbons (Fsp3) is 0.824. The normalized spacial score (nSPS) is 36.9. The Bertz CT molecular complexity index is 593. The van der Waals surface area contributed by atoms with Crippen molar-refractivity contribution in [3.05, 3.63) is 12.2 Å². The Labute approximate surface area is 133 Å². The van der Waals surface area contributed by atoms with Crippen molar-refractivity contribution in [3.63, 3.8) is 0 Å². The van der Waals surface area contributed by atoms with Crippen LogP contribution in [0.1, 0.15) is 52.4 Å². The van der Waals surface area contributed by atoms with Crippen LogP contribution in [0.4, 0.5) is 0 Å². The molecular weight excluding hydrogens is 298 g/mol. The van der Waals surface area contributed by atoms with Gasteiger partial charge in [-0.1, -0.05) is 26.0 Å². The molecule has 3 unspecified atom stereocenters. The molecule has 0 aromatic rings. The van der Waals surface area contributed by atoms with E-state index in [1.54, 1.807) is 0 Å². The second-order valence-corrected chi connectivity index (χ2v) is 9.73. The molecule has 0 amide bonds.